The molecule has 1 aromatic carbocycles. The van der Waals surface area contributed by atoms with E-state index in [9.17, 15) is 13.2 Å². The quantitative estimate of drug-likeness (QED) is 0.671. The summed E-state index contributed by atoms with van der Waals surface area (Å²) in [5, 5.41) is 0. The van der Waals surface area contributed by atoms with Crippen LogP contribution in [0.25, 0.3) is 0 Å². The standard InChI is InChI=1S/C14H14F3N3/c1-9-6-7-10(8-19-9)13(20-18)11-4-2-3-5-12(11)14(15,16)17/h2-8,13,20H,18H2,1H3. The van der Waals surface area contributed by atoms with Crippen molar-refractivity contribution in [1.29, 1.82) is 0 Å². The van der Waals surface area contributed by atoms with Gasteiger partial charge in [0.15, 0.2) is 0 Å². The molecule has 0 spiro atoms. The maximum atomic E-state index is 13.0. The van der Waals surface area contributed by atoms with Crippen molar-refractivity contribution in [2.24, 2.45) is 5.84 Å². The Kier molecular flexibility index (Phi) is 4.06. The Morgan fingerprint density at radius 3 is 2.40 bits per heavy atom. The van der Waals surface area contributed by atoms with E-state index in [2.05, 4.69) is 10.4 Å². The van der Waals surface area contributed by atoms with Crippen molar-refractivity contribution in [3.05, 3.63) is 65.0 Å². The summed E-state index contributed by atoms with van der Waals surface area (Å²) in [6.07, 6.45) is -2.91. The van der Waals surface area contributed by atoms with Crippen molar-refractivity contribution < 1.29 is 13.2 Å². The highest BCUT2D eigenvalue weighted by Gasteiger charge is 2.35. The molecule has 3 N–H and O–H groups in total. The zero-order chi connectivity index (χ0) is 14.8. The molecule has 0 bridgehead atoms. The molecule has 0 radical (unpaired) electrons. The van der Waals surface area contributed by atoms with Gasteiger partial charge in [0.1, 0.15) is 0 Å². The van der Waals surface area contributed by atoms with Gasteiger partial charge in [-0.25, -0.2) is 5.43 Å². The Morgan fingerprint density at radius 1 is 1.15 bits per heavy atom. The zero-order valence-electron chi connectivity index (χ0n) is 10.8. The lowest BCUT2D eigenvalue weighted by Crippen LogP contribution is -2.30. The topological polar surface area (TPSA) is 50.9 Å². The van der Waals surface area contributed by atoms with E-state index in [0.29, 0.717) is 5.56 Å². The van der Waals surface area contributed by atoms with Crippen LogP contribution in [0.4, 0.5) is 13.2 Å². The Balaban J connectivity index is 2.50. The van der Waals surface area contributed by atoms with E-state index >= 15 is 0 Å². The van der Waals surface area contributed by atoms with Gasteiger partial charge < -0.3 is 0 Å². The second kappa shape index (κ2) is 5.60. The molecule has 2 rings (SSSR count). The minimum absolute atomic E-state index is 0.0770. The summed E-state index contributed by atoms with van der Waals surface area (Å²) in [5.41, 5.74) is 3.16. The average Bonchev–Trinajstić information content (AvgIpc) is 2.41. The molecule has 1 atom stereocenters. The van der Waals surface area contributed by atoms with E-state index < -0.39 is 17.8 Å². The zero-order valence-corrected chi connectivity index (χ0v) is 10.8. The molecule has 0 aliphatic rings. The number of benzene rings is 1. The number of hydrogen-bond acceptors (Lipinski definition) is 3. The average molecular weight is 281 g/mol. The fourth-order valence-electron chi connectivity index (χ4n) is 2.02. The van der Waals surface area contributed by atoms with E-state index in [1.54, 1.807) is 25.1 Å². The van der Waals surface area contributed by atoms with Crippen LogP contribution in [0.2, 0.25) is 0 Å². The lowest BCUT2D eigenvalue weighted by atomic mass is 9.95. The van der Waals surface area contributed by atoms with Crippen LogP contribution in [0.5, 0.6) is 0 Å². The monoisotopic (exact) mass is 281 g/mol. The van der Waals surface area contributed by atoms with Crippen LogP contribution in [0.1, 0.15) is 28.4 Å². The lowest BCUT2D eigenvalue weighted by molar-refractivity contribution is -0.138. The van der Waals surface area contributed by atoms with Crippen LogP contribution in [-0.4, -0.2) is 4.98 Å². The predicted molar refractivity (Wildman–Crippen MR) is 69.6 cm³/mol. The second-order valence-electron chi connectivity index (χ2n) is 4.42. The maximum Gasteiger partial charge on any atom is 0.416 e. The number of pyridine rings is 1. The van der Waals surface area contributed by atoms with Gasteiger partial charge in [-0.15, -0.1) is 0 Å². The van der Waals surface area contributed by atoms with Gasteiger partial charge in [-0.2, -0.15) is 13.2 Å². The number of rotatable bonds is 3. The second-order valence-corrected chi connectivity index (χ2v) is 4.42. The fraction of sp³-hybridized carbons (Fsp3) is 0.214. The van der Waals surface area contributed by atoms with Crippen LogP contribution in [0, 0.1) is 6.92 Å². The Bertz CT molecular complexity index is 579. The van der Waals surface area contributed by atoms with E-state index in [0.717, 1.165) is 11.8 Å². The summed E-state index contributed by atoms with van der Waals surface area (Å²) >= 11 is 0. The van der Waals surface area contributed by atoms with Gasteiger partial charge >= 0.3 is 6.18 Å². The van der Waals surface area contributed by atoms with Gasteiger partial charge in [-0.05, 0) is 30.2 Å². The summed E-state index contributed by atoms with van der Waals surface area (Å²) in [7, 11) is 0. The first-order valence-electron chi connectivity index (χ1n) is 5.98. The molecule has 0 fully saturated rings. The highest BCUT2D eigenvalue weighted by molar-refractivity contribution is 5.38. The predicted octanol–water partition coefficient (Wildman–Crippen LogP) is 2.96. The van der Waals surface area contributed by atoms with Crippen LogP contribution in [0.3, 0.4) is 0 Å². The number of hydrogen-bond donors (Lipinski definition) is 2. The summed E-state index contributed by atoms with van der Waals surface area (Å²) in [5.74, 6) is 5.44. The van der Waals surface area contributed by atoms with E-state index in [4.69, 9.17) is 5.84 Å². The number of nitrogens with one attached hydrogen (secondary N) is 1. The molecule has 1 unspecified atom stereocenters. The van der Waals surface area contributed by atoms with Crippen molar-refractivity contribution in [2.45, 2.75) is 19.1 Å². The Morgan fingerprint density at radius 2 is 1.85 bits per heavy atom. The molecular formula is C14H14F3N3. The lowest BCUT2D eigenvalue weighted by Gasteiger charge is -2.21. The number of nitrogens with two attached hydrogens (primary N) is 1. The molecular weight excluding hydrogens is 267 g/mol. The third-order valence-electron chi connectivity index (χ3n) is 3.01. The Hall–Kier alpha value is -1.92. The van der Waals surface area contributed by atoms with Crippen molar-refractivity contribution in [3.63, 3.8) is 0 Å². The molecule has 6 heteroatoms. The van der Waals surface area contributed by atoms with Gasteiger partial charge in [-0.1, -0.05) is 24.3 Å². The SMILES string of the molecule is Cc1ccc(C(NN)c2ccccc2C(F)(F)F)cn1. The molecule has 1 heterocycles. The normalized spacial score (nSPS) is 13.2. The van der Waals surface area contributed by atoms with Crippen LogP contribution in [0.15, 0.2) is 42.6 Å². The third-order valence-corrected chi connectivity index (χ3v) is 3.01. The third kappa shape index (κ3) is 2.97. The van der Waals surface area contributed by atoms with Gasteiger partial charge in [0, 0.05) is 11.9 Å². The summed E-state index contributed by atoms with van der Waals surface area (Å²) < 4.78 is 39.1. The minimum atomic E-state index is -4.43. The number of aryl methyl sites for hydroxylation is 1. The first-order valence-corrected chi connectivity index (χ1v) is 5.98. The van der Waals surface area contributed by atoms with Crippen molar-refractivity contribution in [2.75, 3.05) is 0 Å². The first-order chi connectivity index (χ1) is 9.43. The largest absolute Gasteiger partial charge is 0.416 e. The first kappa shape index (κ1) is 14.5. The highest BCUT2D eigenvalue weighted by Crippen LogP contribution is 2.36. The number of aromatic nitrogens is 1. The molecule has 2 aromatic rings. The molecule has 0 saturated heterocycles. The molecule has 0 aliphatic heterocycles. The van der Waals surface area contributed by atoms with Gasteiger partial charge in [-0.3, -0.25) is 10.8 Å². The molecule has 3 nitrogen and oxygen atoms in total. The van der Waals surface area contributed by atoms with E-state index in [-0.39, 0.29) is 5.56 Å². The van der Waals surface area contributed by atoms with Crippen molar-refractivity contribution in [3.8, 4) is 0 Å². The summed E-state index contributed by atoms with van der Waals surface area (Å²) in [6.45, 7) is 1.80. The number of halogens is 3. The molecule has 106 valence electrons. The molecule has 1 aromatic heterocycles. The van der Waals surface area contributed by atoms with E-state index in [1.165, 1.54) is 18.3 Å². The maximum absolute atomic E-state index is 13.0. The van der Waals surface area contributed by atoms with Crippen LogP contribution in [-0.2, 0) is 6.18 Å². The molecule has 20 heavy (non-hydrogen) atoms. The molecule has 0 aliphatic carbocycles. The van der Waals surface area contributed by atoms with Gasteiger partial charge in [0.05, 0.1) is 11.6 Å². The fourth-order valence-corrected chi connectivity index (χ4v) is 2.02. The molecule has 0 amide bonds. The van der Waals surface area contributed by atoms with Crippen molar-refractivity contribution in [1.82, 2.24) is 10.4 Å². The number of hydrazine groups is 1. The highest BCUT2D eigenvalue weighted by atomic mass is 19.4. The van der Waals surface area contributed by atoms with Gasteiger partial charge in [0.2, 0.25) is 0 Å². The van der Waals surface area contributed by atoms with Crippen molar-refractivity contribution >= 4 is 0 Å². The summed E-state index contributed by atoms with van der Waals surface area (Å²) in [6, 6.07) is 8.04. The smallest absolute Gasteiger partial charge is 0.271 e. The van der Waals surface area contributed by atoms with Gasteiger partial charge in [0.25, 0.3) is 0 Å². The Labute approximate surface area is 114 Å². The minimum Gasteiger partial charge on any atom is -0.271 e. The molecule has 0 saturated carbocycles. The number of alkyl halides is 3. The number of nitrogens with zero attached hydrogens (tertiary/aromatic N) is 1. The van der Waals surface area contributed by atoms with E-state index in [1.807, 2.05) is 0 Å². The van der Waals surface area contributed by atoms with Crippen LogP contribution < -0.4 is 11.3 Å². The summed E-state index contributed by atoms with van der Waals surface area (Å²) in [4.78, 5) is 4.09. The van der Waals surface area contributed by atoms with Crippen LogP contribution >= 0.6 is 0 Å².